The molecule has 1 aliphatic rings. The van der Waals surface area contributed by atoms with Gasteiger partial charge in [-0.05, 0) is 115 Å². The Balaban J connectivity index is 0.000000769. The number of benzene rings is 8. The Morgan fingerprint density at radius 1 is 0.404 bits per heavy atom. The summed E-state index contributed by atoms with van der Waals surface area (Å²) in [6, 6.07) is 56.1. The highest BCUT2D eigenvalue weighted by atomic mass is 14.3. The van der Waals surface area contributed by atoms with Crippen molar-refractivity contribution in [3.8, 4) is 55.6 Å². The van der Waals surface area contributed by atoms with Gasteiger partial charge in [0.15, 0.2) is 0 Å². The summed E-state index contributed by atoms with van der Waals surface area (Å²) in [4.78, 5) is 0. The molecule has 8 aromatic carbocycles. The second-order valence-corrected chi connectivity index (χ2v) is 12.9. The van der Waals surface area contributed by atoms with E-state index in [9.17, 15) is 0 Å². The first kappa shape index (κ1) is 28.7. The lowest BCUT2D eigenvalue weighted by atomic mass is 9.82. The number of fused-ring (bicyclic) bond motifs is 5. The molecule has 0 heterocycles. The highest BCUT2D eigenvalue weighted by molar-refractivity contribution is 6.28. The molecule has 8 aromatic rings. The van der Waals surface area contributed by atoms with Crippen LogP contribution in [-0.2, 0) is 0 Å². The van der Waals surface area contributed by atoms with Crippen LogP contribution in [0.5, 0.6) is 0 Å². The van der Waals surface area contributed by atoms with Crippen molar-refractivity contribution in [1.29, 1.82) is 0 Å². The molecule has 0 nitrogen and oxygen atoms in total. The predicted octanol–water partition coefficient (Wildman–Crippen LogP) is 13.7. The van der Waals surface area contributed by atoms with Gasteiger partial charge in [-0.25, -0.2) is 0 Å². The summed E-state index contributed by atoms with van der Waals surface area (Å²) in [6.07, 6.45) is 0. The van der Waals surface area contributed by atoms with Crippen LogP contribution in [0.1, 0.15) is 19.4 Å². The quantitative estimate of drug-likeness (QED) is 0.177. The lowest BCUT2D eigenvalue weighted by molar-refractivity contribution is 1.42. The summed E-state index contributed by atoms with van der Waals surface area (Å²) in [7, 11) is 0. The first-order chi connectivity index (χ1) is 23.0. The lowest BCUT2D eigenvalue weighted by Gasteiger charge is -2.20. The fourth-order valence-electron chi connectivity index (χ4n) is 7.39. The van der Waals surface area contributed by atoms with Gasteiger partial charge < -0.3 is 0 Å². The van der Waals surface area contributed by atoms with Gasteiger partial charge in [0.1, 0.15) is 0 Å². The second-order valence-electron chi connectivity index (χ2n) is 12.9. The maximum Gasteiger partial charge on any atom is -0.000741 e. The molecule has 0 heteroatoms. The van der Waals surface area contributed by atoms with Crippen molar-refractivity contribution in [3.05, 3.63) is 169 Å². The van der Waals surface area contributed by atoms with E-state index in [0.29, 0.717) is 0 Å². The Morgan fingerprint density at radius 2 is 0.894 bits per heavy atom. The molecule has 0 aliphatic heterocycles. The Labute approximate surface area is 277 Å². The van der Waals surface area contributed by atoms with E-state index in [1.165, 1.54) is 99.1 Å². The summed E-state index contributed by atoms with van der Waals surface area (Å²) in [5, 5.41) is 7.80. The zero-order valence-electron chi connectivity index (χ0n) is 27.1. The number of hydrogen-bond donors (Lipinski definition) is 0. The zero-order valence-corrected chi connectivity index (χ0v) is 27.1. The van der Waals surface area contributed by atoms with Crippen LogP contribution in [0.3, 0.4) is 0 Å². The molecule has 0 atom stereocenters. The normalized spacial score (nSPS) is 11.4. The predicted molar refractivity (Wildman–Crippen MR) is 205 cm³/mol. The Kier molecular flexibility index (Phi) is 7.08. The minimum absolute atomic E-state index is 1.17. The minimum atomic E-state index is 1.17. The maximum absolute atomic E-state index is 3.56. The van der Waals surface area contributed by atoms with Crippen LogP contribution >= 0.6 is 0 Å². The third kappa shape index (κ3) is 4.85. The van der Waals surface area contributed by atoms with Gasteiger partial charge in [0.05, 0.1) is 0 Å². The van der Waals surface area contributed by atoms with Crippen molar-refractivity contribution in [2.24, 2.45) is 0 Å². The Bertz CT molecular complexity index is 2380. The van der Waals surface area contributed by atoms with E-state index in [0.717, 1.165) is 0 Å². The Hall–Kier alpha value is -5.72. The number of allylic oxidation sites excluding steroid dienone is 1. The van der Waals surface area contributed by atoms with Crippen LogP contribution in [0.25, 0.3) is 88.0 Å². The summed E-state index contributed by atoms with van der Waals surface area (Å²) in [5.74, 6) is 0. The molecule has 9 rings (SSSR count). The maximum atomic E-state index is 3.56. The molecule has 47 heavy (non-hydrogen) atoms. The Morgan fingerprint density at radius 3 is 1.51 bits per heavy atom. The summed E-state index contributed by atoms with van der Waals surface area (Å²) >= 11 is 0. The van der Waals surface area contributed by atoms with E-state index < -0.39 is 0 Å². The monoisotopic (exact) mass is 600 g/mol. The number of aryl methyl sites for hydroxylation is 1. The van der Waals surface area contributed by atoms with E-state index in [4.69, 9.17) is 0 Å². The van der Waals surface area contributed by atoms with E-state index in [1.54, 1.807) is 0 Å². The molecule has 0 spiro atoms. The highest BCUT2D eigenvalue weighted by Gasteiger charge is 2.31. The molecule has 0 fully saturated rings. The molecule has 0 bridgehead atoms. The molecule has 224 valence electrons. The van der Waals surface area contributed by atoms with Gasteiger partial charge in [0, 0.05) is 0 Å². The summed E-state index contributed by atoms with van der Waals surface area (Å²) in [6.45, 7) is 9.66. The number of rotatable bonds is 3. The summed E-state index contributed by atoms with van der Waals surface area (Å²) < 4.78 is 0. The third-order valence-electron chi connectivity index (χ3n) is 9.23. The first-order valence-electron chi connectivity index (χ1n) is 16.4. The van der Waals surface area contributed by atoms with Gasteiger partial charge >= 0.3 is 0 Å². The average molecular weight is 601 g/mol. The van der Waals surface area contributed by atoms with Gasteiger partial charge in [-0.3, -0.25) is 0 Å². The van der Waals surface area contributed by atoms with Gasteiger partial charge in [0.2, 0.25) is 0 Å². The lowest BCUT2D eigenvalue weighted by Crippen LogP contribution is -1.93. The van der Waals surface area contributed by atoms with Gasteiger partial charge in [-0.2, -0.15) is 0 Å². The van der Waals surface area contributed by atoms with Crippen LogP contribution in [0.15, 0.2) is 164 Å². The fourth-order valence-corrected chi connectivity index (χ4v) is 7.39. The summed E-state index contributed by atoms with van der Waals surface area (Å²) in [5.41, 5.74) is 15.5. The van der Waals surface area contributed by atoms with Crippen LogP contribution in [0.2, 0.25) is 0 Å². The molecule has 0 unspecified atom stereocenters. The largest absolute Gasteiger partial charge is 0.100 e. The van der Waals surface area contributed by atoms with Crippen molar-refractivity contribution >= 4 is 32.3 Å². The van der Waals surface area contributed by atoms with Crippen molar-refractivity contribution in [1.82, 2.24) is 0 Å². The van der Waals surface area contributed by atoms with Gasteiger partial charge in [0.25, 0.3) is 0 Å². The smallest absolute Gasteiger partial charge is 0.000741 e. The molecular weight excluding hydrogens is 565 g/mol. The van der Waals surface area contributed by atoms with Crippen LogP contribution in [0.4, 0.5) is 0 Å². The fraction of sp³-hybridized carbons (Fsp3) is 0.0638. The topological polar surface area (TPSA) is 0 Å². The molecule has 0 amide bonds. The molecule has 0 radical (unpaired) electrons. The molecule has 0 N–H and O–H groups in total. The van der Waals surface area contributed by atoms with Crippen molar-refractivity contribution in [2.75, 3.05) is 0 Å². The molecule has 0 saturated heterocycles. The zero-order chi connectivity index (χ0) is 32.1. The first-order valence-corrected chi connectivity index (χ1v) is 16.4. The average Bonchev–Trinajstić information content (AvgIpc) is 3.42. The SMILES string of the molecule is C=C(C)C.Cc1ccc2cc(-c3ccc4c5c(cccc35)-c3c-4c(-c4ccccc4)c4ccccc4c3-c3ccccc3)ccc2c1. The van der Waals surface area contributed by atoms with Crippen LogP contribution in [0, 0.1) is 6.92 Å². The molecular formula is C47H36. The van der Waals surface area contributed by atoms with Crippen LogP contribution < -0.4 is 0 Å². The van der Waals surface area contributed by atoms with E-state index in [2.05, 4.69) is 165 Å². The van der Waals surface area contributed by atoms with E-state index in [1.807, 2.05) is 13.8 Å². The molecule has 0 saturated carbocycles. The van der Waals surface area contributed by atoms with Crippen molar-refractivity contribution in [2.45, 2.75) is 20.8 Å². The minimum Gasteiger partial charge on any atom is -0.100 e. The highest BCUT2D eigenvalue weighted by Crippen LogP contribution is 2.58. The van der Waals surface area contributed by atoms with Gasteiger partial charge in [-0.15, -0.1) is 6.58 Å². The molecule has 1 aliphatic carbocycles. The second kappa shape index (κ2) is 11.6. The third-order valence-corrected chi connectivity index (χ3v) is 9.23. The van der Waals surface area contributed by atoms with E-state index >= 15 is 0 Å². The van der Waals surface area contributed by atoms with Crippen molar-refractivity contribution < 1.29 is 0 Å². The van der Waals surface area contributed by atoms with Crippen molar-refractivity contribution in [3.63, 3.8) is 0 Å². The van der Waals surface area contributed by atoms with E-state index in [-0.39, 0.29) is 0 Å². The van der Waals surface area contributed by atoms with Crippen LogP contribution in [-0.4, -0.2) is 0 Å². The molecule has 0 aromatic heterocycles. The standard InChI is InChI=1S/C43H28.C4H8/c1-27-19-20-31-26-32(22-21-30(31)25-27)33-23-24-38-41-34(33)17-10-18-37(41)42-39(28-11-4-2-5-12-28)35-15-8-9-16-36(35)40(43(38)42)29-13-6-3-7-14-29;1-4(2)3/h2-26H,1H3;1H2,2-3H3. The van der Waals surface area contributed by atoms with Gasteiger partial charge in [-0.1, -0.05) is 157 Å². The number of hydrogen-bond acceptors (Lipinski definition) is 0.